The van der Waals surface area contributed by atoms with Crippen LogP contribution in [-0.2, 0) is 6.42 Å². The van der Waals surface area contributed by atoms with E-state index in [1.54, 1.807) is 6.20 Å². The second-order valence-corrected chi connectivity index (χ2v) is 3.60. The zero-order valence-corrected chi connectivity index (χ0v) is 9.09. The lowest BCUT2D eigenvalue weighted by molar-refractivity contribution is 0.296. The quantitative estimate of drug-likeness (QED) is 0.840. The van der Waals surface area contributed by atoms with Crippen LogP contribution in [0.4, 0.5) is 0 Å². The molecule has 1 heterocycles. The predicted molar refractivity (Wildman–Crippen MR) is 60.8 cm³/mol. The van der Waals surface area contributed by atoms with Gasteiger partial charge >= 0.3 is 0 Å². The number of aryl methyl sites for hydroxylation is 1. The van der Waals surface area contributed by atoms with Crippen molar-refractivity contribution in [3.8, 4) is 11.3 Å². The van der Waals surface area contributed by atoms with E-state index in [1.807, 2.05) is 31.2 Å². The standard InChI is InChI=1S/C12H13N3O/c1-9-2-4-10(5-3-9)11-8-13-15-12(14-11)6-7-16/h2-5,8,16H,6-7H2,1H3. The average Bonchev–Trinajstić information content (AvgIpc) is 2.31. The lowest BCUT2D eigenvalue weighted by Gasteiger charge is -2.02. The van der Waals surface area contributed by atoms with Crippen molar-refractivity contribution in [2.45, 2.75) is 13.3 Å². The van der Waals surface area contributed by atoms with Crippen LogP contribution in [0.15, 0.2) is 30.5 Å². The summed E-state index contributed by atoms with van der Waals surface area (Å²) in [5.41, 5.74) is 3.01. The molecule has 1 N–H and O–H groups in total. The molecule has 4 heteroatoms. The molecule has 1 aromatic carbocycles. The van der Waals surface area contributed by atoms with E-state index in [9.17, 15) is 0 Å². The Labute approximate surface area is 94.0 Å². The van der Waals surface area contributed by atoms with Crippen molar-refractivity contribution in [3.05, 3.63) is 41.9 Å². The maximum Gasteiger partial charge on any atom is 0.153 e. The van der Waals surface area contributed by atoms with Gasteiger partial charge in [-0.3, -0.25) is 0 Å². The molecule has 0 saturated heterocycles. The van der Waals surface area contributed by atoms with Crippen LogP contribution in [0.25, 0.3) is 11.3 Å². The van der Waals surface area contributed by atoms with Gasteiger partial charge in [0.2, 0.25) is 0 Å². The van der Waals surface area contributed by atoms with Gasteiger partial charge in [-0.1, -0.05) is 29.8 Å². The minimum atomic E-state index is 0.0407. The van der Waals surface area contributed by atoms with Crippen LogP contribution in [0.2, 0.25) is 0 Å². The third-order valence-corrected chi connectivity index (χ3v) is 2.29. The Morgan fingerprint density at radius 2 is 1.94 bits per heavy atom. The Morgan fingerprint density at radius 1 is 1.19 bits per heavy atom. The fraction of sp³-hybridized carbons (Fsp3) is 0.250. The largest absolute Gasteiger partial charge is 0.396 e. The second kappa shape index (κ2) is 4.81. The molecule has 0 saturated carbocycles. The van der Waals surface area contributed by atoms with Gasteiger partial charge in [0, 0.05) is 12.0 Å². The molecule has 0 aliphatic rings. The molecule has 4 nitrogen and oxygen atoms in total. The zero-order valence-electron chi connectivity index (χ0n) is 9.09. The SMILES string of the molecule is Cc1ccc(-c2cnnc(CCO)n2)cc1. The highest BCUT2D eigenvalue weighted by molar-refractivity contribution is 5.58. The Bertz CT molecular complexity index is 468. The van der Waals surface area contributed by atoms with Gasteiger partial charge in [0.1, 0.15) is 0 Å². The molecule has 0 unspecified atom stereocenters. The normalized spacial score (nSPS) is 10.4. The van der Waals surface area contributed by atoms with Crippen LogP contribution < -0.4 is 0 Å². The fourth-order valence-corrected chi connectivity index (χ4v) is 1.41. The highest BCUT2D eigenvalue weighted by atomic mass is 16.3. The maximum atomic E-state index is 8.81. The number of hydrogen-bond acceptors (Lipinski definition) is 4. The van der Waals surface area contributed by atoms with Crippen molar-refractivity contribution in [2.75, 3.05) is 6.61 Å². The van der Waals surface area contributed by atoms with Crippen molar-refractivity contribution >= 4 is 0 Å². The first-order chi connectivity index (χ1) is 7.79. The number of nitrogens with zero attached hydrogens (tertiary/aromatic N) is 3. The van der Waals surface area contributed by atoms with Gasteiger partial charge in [-0.25, -0.2) is 4.98 Å². The van der Waals surface area contributed by atoms with Crippen LogP contribution in [0.3, 0.4) is 0 Å². The number of aliphatic hydroxyl groups excluding tert-OH is 1. The highest BCUT2D eigenvalue weighted by Gasteiger charge is 2.02. The van der Waals surface area contributed by atoms with E-state index < -0.39 is 0 Å². The Kier molecular flexibility index (Phi) is 3.22. The molecule has 16 heavy (non-hydrogen) atoms. The summed E-state index contributed by atoms with van der Waals surface area (Å²) in [6.07, 6.45) is 2.07. The van der Waals surface area contributed by atoms with Gasteiger partial charge in [0.25, 0.3) is 0 Å². The first-order valence-electron chi connectivity index (χ1n) is 5.16. The smallest absolute Gasteiger partial charge is 0.153 e. The number of hydrogen-bond donors (Lipinski definition) is 1. The summed E-state index contributed by atoms with van der Waals surface area (Å²) in [5, 5.41) is 16.5. The van der Waals surface area contributed by atoms with Gasteiger partial charge in [-0.15, -0.1) is 5.10 Å². The average molecular weight is 215 g/mol. The molecule has 0 bridgehead atoms. The number of rotatable bonds is 3. The van der Waals surface area contributed by atoms with Gasteiger partial charge in [-0.2, -0.15) is 5.10 Å². The first kappa shape index (κ1) is 10.7. The summed E-state index contributed by atoms with van der Waals surface area (Å²) >= 11 is 0. The molecule has 0 fully saturated rings. The molecular formula is C12H13N3O. The molecule has 0 amide bonds. The molecule has 2 rings (SSSR count). The summed E-state index contributed by atoms with van der Waals surface area (Å²) in [4.78, 5) is 4.33. The predicted octanol–water partition coefficient (Wildman–Crippen LogP) is 1.38. The number of aromatic nitrogens is 3. The molecule has 1 aromatic heterocycles. The van der Waals surface area contributed by atoms with E-state index in [2.05, 4.69) is 15.2 Å². The number of aliphatic hydroxyl groups is 1. The van der Waals surface area contributed by atoms with Crippen molar-refractivity contribution in [3.63, 3.8) is 0 Å². The molecule has 0 radical (unpaired) electrons. The summed E-state index contributed by atoms with van der Waals surface area (Å²) in [5.74, 6) is 0.570. The van der Waals surface area contributed by atoms with Crippen LogP contribution in [0, 0.1) is 6.92 Å². The molecular weight excluding hydrogens is 202 g/mol. The molecule has 0 aliphatic heterocycles. The van der Waals surface area contributed by atoms with Crippen molar-refractivity contribution in [1.82, 2.24) is 15.2 Å². The third kappa shape index (κ3) is 2.41. The molecule has 0 aliphatic carbocycles. The molecule has 2 aromatic rings. The topological polar surface area (TPSA) is 58.9 Å². The maximum absolute atomic E-state index is 8.81. The van der Waals surface area contributed by atoms with Crippen molar-refractivity contribution in [2.24, 2.45) is 0 Å². The van der Waals surface area contributed by atoms with Crippen molar-refractivity contribution in [1.29, 1.82) is 0 Å². The summed E-state index contributed by atoms with van der Waals surface area (Å²) in [6.45, 7) is 2.08. The van der Waals surface area contributed by atoms with E-state index in [-0.39, 0.29) is 6.61 Å². The van der Waals surface area contributed by atoms with E-state index in [1.165, 1.54) is 5.56 Å². The van der Waals surface area contributed by atoms with E-state index >= 15 is 0 Å². The monoisotopic (exact) mass is 215 g/mol. The van der Waals surface area contributed by atoms with E-state index in [0.29, 0.717) is 12.2 Å². The molecule has 82 valence electrons. The van der Waals surface area contributed by atoms with Crippen molar-refractivity contribution < 1.29 is 5.11 Å². The Hall–Kier alpha value is -1.81. The molecule has 0 spiro atoms. The van der Waals surface area contributed by atoms with Crippen LogP contribution in [0.1, 0.15) is 11.4 Å². The van der Waals surface area contributed by atoms with E-state index in [4.69, 9.17) is 5.11 Å². The summed E-state index contributed by atoms with van der Waals surface area (Å²) in [7, 11) is 0. The van der Waals surface area contributed by atoms with Gasteiger partial charge in [-0.05, 0) is 6.92 Å². The summed E-state index contributed by atoms with van der Waals surface area (Å²) in [6, 6.07) is 8.07. The zero-order chi connectivity index (χ0) is 11.4. The van der Waals surface area contributed by atoms with Crippen LogP contribution in [0.5, 0.6) is 0 Å². The number of benzene rings is 1. The lowest BCUT2D eigenvalue weighted by atomic mass is 10.1. The highest BCUT2D eigenvalue weighted by Crippen LogP contribution is 2.16. The van der Waals surface area contributed by atoms with Crippen LogP contribution in [-0.4, -0.2) is 26.9 Å². The Morgan fingerprint density at radius 3 is 2.62 bits per heavy atom. The summed E-state index contributed by atoms with van der Waals surface area (Å²) < 4.78 is 0. The molecule has 0 atom stereocenters. The Balaban J connectivity index is 2.32. The lowest BCUT2D eigenvalue weighted by Crippen LogP contribution is -2.01. The van der Waals surface area contributed by atoms with Gasteiger partial charge < -0.3 is 5.11 Å². The van der Waals surface area contributed by atoms with Gasteiger partial charge in [0.15, 0.2) is 5.82 Å². The first-order valence-corrected chi connectivity index (χ1v) is 5.16. The van der Waals surface area contributed by atoms with Crippen LogP contribution >= 0.6 is 0 Å². The minimum absolute atomic E-state index is 0.0407. The third-order valence-electron chi connectivity index (χ3n) is 2.29. The second-order valence-electron chi connectivity index (χ2n) is 3.60. The van der Waals surface area contributed by atoms with E-state index in [0.717, 1.165) is 11.3 Å². The van der Waals surface area contributed by atoms with Gasteiger partial charge in [0.05, 0.1) is 18.5 Å². The fourth-order valence-electron chi connectivity index (χ4n) is 1.41. The minimum Gasteiger partial charge on any atom is -0.396 e.